The molecule has 3 rings (SSSR count). The topological polar surface area (TPSA) is 6.48 Å². The van der Waals surface area contributed by atoms with Crippen LogP contribution in [-0.4, -0.2) is 49.1 Å². The quantitative estimate of drug-likeness (QED) is 0.348. The molecule has 0 aliphatic carbocycles. The van der Waals surface area contributed by atoms with Crippen molar-refractivity contribution in [3.05, 3.63) is 35.9 Å². The zero-order valence-corrected chi connectivity index (χ0v) is 19.0. The van der Waals surface area contributed by atoms with Gasteiger partial charge in [-0.05, 0) is 109 Å². The lowest BCUT2D eigenvalue weighted by Crippen LogP contribution is -2.31. The first-order valence-electron chi connectivity index (χ1n) is 12.9. The molecule has 2 aliphatic rings. The van der Waals surface area contributed by atoms with Crippen molar-refractivity contribution in [2.45, 2.75) is 89.9 Å². The molecule has 1 aromatic carbocycles. The molecule has 164 valence electrons. The van der Waals surface area contributed by atoms with Crippen LogP contribution in [0.1, 0.15) is 89.0 Å². The first-order chi connectivity index (χ1) is 14.4. The van der Waals surface area contributed by atoms with E-state index in [2.05, 4.69) is 40.1 Å². The van der Waals surface area contributed by atoms with Gasteiger partial charge in [-0.2, -0.15) is 0 Å². The summed E-state index contributed by atoms with van der Waals surface area (Å²) in [6.07, 6.45) is 19.9. The zero-order chi connectivity index (χ0) is 20.0. The molecule has 0 N–H and O–H groups in total. The van der Waals surface area contributed by atoms with Gasteiger partial charge < -0.3 is 9.80 Å². The van der Waals surface area contributed by atoms with Gasteiger partial charge in [-0.3, -0.25) is 0 Å². The van der Waals surface area contributed by atoms with Crippen molar-refractivity contribution >= 4 is 0 Å². The summed E-state index contributed by atoms with van der Waals surface area (Å²) in [6.45, 7) is 8.13. The Morgan fingerprint density at radius 2 is 1.14 bits per heavy atom. The number of piperidine rings is 2. The van der Waals surface area contributed by atoms with Gasteiger partial charge in [0.25, 0.3) is 0 Å². The smallest absolute Gasteiger partial charge is 0.00186 e. The Bertz CT molecular complexity index is 503. The maximum Gasteiger partial charge on any atom is -0.00186 e. The summed E-state index contributed by atoms with van der Waals surface area (Å²) < 4.78 is 0. The highest BCUT2D eigenvalue weighted by molar-refractivity contribution is 5.14. The van der Waals surface area contributed by atoms with Crippen LogP contribution in [0.15, 0.2) is 30.3 Å². The molecule has 0 spiro atoms. The van der Waals surface area contributed by atoms with Crippen molar-refractivity contribution in [1.82, 2.24) is 9.80 Å². The van der Waals surface area contributed by atoms with E-state index in [4.69, 9.17) is 0 Å². The Morgan fingerprint density at radius 3 is 1.79 bits per heavy atom. The van der Waals surface area contributed by atoms with Crippen molar-refractivity contribution in [2.24, 2.45) is 5.92 Å². The number of aryl methyl sites for hydroxylation is 1. The second kappa shape index (κ2) is 14.2. The molecule has 1 unspecified atom stereocenters. The Morgan fingerprint density at radius 1 is 0.586 bits per heavy atom. The van der Waals surface area contributed by atoms with Gasteiger partial charge in [0.15, 0.2) is 0 Å². The molecule has 0 aromatic heterocycles. The summed E-state index contributed by atoms with van der Waals surface area (Å²) in [6, 6.07) is 11.1. The molecule has 2 saturated heterocycles. The Labute approximate surface area is 181 Å². The van der Waals surface area contributed by atoms with Crippen LogP contribution < -0.4 is 0 Å². The SMILES string of the molecule is c1ccc(CCCC(CCCCN2CCCCC2)CCCN2CCCCC2)cc1. The number of likely N-dealkylation sites (tertiary alicyclic amines) is 2. The fourth-order valence-corrected chi connectivity index (χ4v) is 5.41. The minimum Gasteiger partial charge on any atom is -0.303 e. The van der Waals surface area contributed by atoms with Crippen molar-refractivity contribution < 1.29 is 0 Å². The maximum absolute atomic E-state index is 2.72. The molecule has 2 fully saturated rings. The summed E-state index contributed by atoms with van der Waals surface area (Å²) in [7, 11) is 0. The Hall–Kier alpha value is -0.860. The molecule has 2 heterocycles. The molecule has 2 heteroatoms. The predicted molar refractivity (Wildman–Crippen MR) is 127 cm³/mol. The Balaban J connectivity index is 1.34. The third kappa shape index (κ3) is 9.66. The van der Waals surface area contributed by atoms with Gasteiger partial charge in [0.2, 0.25) is 0 Å². The monoisotopic (exact) mass is 398 g/mol. The van der Waals surface area contributed by atoms with Crippen LogP contribution in [0.4, 0.5) is 0 Å². The van der Waals surface area contributed by atoms with Gasteiger partial charge in [-0.1, -0.05) is 62.4 Å². The van der Waals surface area contributed by atoms with Gasteiger partial charge in [-0.25, -0.2) is 0 Å². The van der Waals surface area contributed by atoms with E-state index in [-0.39, 0.29) is 0 Å². The van der Waals surface area contributed by atoms with Crippen LogP contribution in [0.25, 0.3) is 0 Å². The van der Waals surface area contributed by atoms with Crippen LogP contribution in [-0.2, 0) is 6.42 Å². The first kappa shape index (κ1) is 22.8. The molecule has 1 atom stereocenters. The molecule has 1 aromatic rings. The highest BCUT2D eigenvalue weighted by atomic mass is 15.1. The number of rotatable bonds is 13. The van der Waals surface area contributed by atoms with Crippen LogP contribution in [0, 0.1) is 5.92 Å². The molecule has 0 amide bonds. The summed E-state index contributed by atoms with van der Waals surface area (Å²) in [5, 5.41) is 0. The first-order valence-corrected chi connectivity index (χ1v) is 12.9. The second-order valence-electron chi connectivity index (χ2n) is 9.69. The van der Waals surface area contributed by atoms with E-state index >= 15 is 0 Å². The minimum absolute atomic E-state index is 0.949. The average molecular weight is 399 g/mol. The fourth-order valence-electron chi connectivity index (χ4n) is 5.41. The summed E-state index contributed by atoms with van der Waals surface area (Å²) in [5.74, 6) is 0.949. The van der Waals surface area contributed by atoms with Gasteiger partial charge in [0, 0.05) is 0 Å². The highest BCUT2D eigenvalue weighted by Crippen LogP contribution is 2.23. The average Bonchev–Trinajstić information content (AvgIpc) is 2.78. The van der Waals surface area contributed by atoms with Crippen LogP contribution in [0.2, 0.25) is 0 Å². The van der Waals surface area contributed by atoms with Crippen LogP contribution in [0.3, 0.4) is 0 Å². The molecule has 2 nitrogen and oxygen atoms in total. The maximum atomic E-state index is 2.72. The van der Waals surface area contributed by atoms with Crippen LogP contribution >= 0.6 is 0 Å². The van der Waals surface area contributed by atoms with Gasteiger partial charge in [-0.15, -0.1) is 0 Å². The molecule has 0 saturated carbocycles. The zero-order valence-electron chi connectivity index (χ0n) is 19.0. The molecular weight excluding hydrogens is 352 g/mol. The standard InChI is InChI=1S/C27H46N2/c1-4-14-26(15-5-1)17-12-18-27(19-13-25-29-22-9-3-10-23-29)16-6-11-24-28-20-7-2-8-21-28/h1,4-5,14-15,27H,2-3,6-13,16-25H2. The lowest BCUT2D eigenvalue weighted by molar-refractivity contribution is 0.212. The highest BCUT2D eigenvalue weighted by Gasteiger charge is 2.14. The second-order valence-corrected chi connectivity index (χ2v) is 9.69. The third-order valence-corrected chi connectivity index (χ3v) is 7.24. The van der Waals surface area contributed by atoms with Crippen molar-refractivity contribution in [3.63, 3.8) is 0 Å². The summed E-state index contributed by atoms with van der Waals surface area (Å²) in [4.78, 5) is 5.44. The lowest BCUT2D eigenvalue weighted by Gasteiger charge is -2.27. The van der Waals surface area contributed by atoms with Gasteiger partial charge >= 0.3 is 0 Å². The van der Waals surface area contributed by atoms with Crippen molar-refractivity contribution in [1.29, 1.82) is 0 Å². The number of unbranched alkanes of at least 4 members (excludes halogenated alkanes) is 1. The van der Waals surface area contributed by atoms with E-state index in [0.717, 1.165) is 5.92 Å². The Kier molecular flexibility index (Phi) is 11.2. The van der Waals surface area contributed by atoms with Crippen molar-refractivity contribution in [2.75, 3.05) is 39.3 Å². The molecule has 29 heavy (non-hydrogen) atoms. The third-order valence-electron chi connectivity index (χ3n) is 7.24. The van der Waals surface area contributed by atoms with Crippen molar-refractivity contribution in [3.8, 4) is 0 Å². The predicted octanol–water partition coefficient (Wildman–Crippen LogP) is 6.55. The van der Waals surface area contributed by atoms with Crippen LogP contribution in [0.5, 0.6) is 0 Å². The summed E-state index contributed by atoms with van der Waals surface area (Å²) in [5.41, 5.74) is 1.52. The minimum atomic E-state index is 0.949. The van der Waals surface area contributed by atoms with Gasteiger partial charge in [0.1, 0.15) is 0 Å². The number of hydrogen-bond acceptors (Lipinski definition) is 2. The largest absolute Gasteiger partial charge is 0.303 e. The van der Waals surface area contributed by atoms with E-state index in [1.807, 2.05) is 0 Å². The number of hydrogen-bond donors (Lipinski definition) is 0. The molecule has 0 radical (unpaired) electrons. The number of benzene rings is 1. The van der Waals surface area contributed by atoms with E-state index in [1.165, 1.54) is 135 Å². The molecule has 0 bridgehead atoms. The summed E-state index contributed by atoms with van der Waals surface area (Å²) >= 11 is 0. The van der Waals surface area contributed by atoms with E-state index < -0.39 is 0 Å². The van der Waals surface area contributed by atoms with Gasteiger partial charge in [0.05, 0.1) is 0 Å². The lowest BCUT2D eigenvalue weighted by atomic mass is 9.90. The van der Waals surface area contributed by atoms with E-state index in [9.17, 15) is 0 Å². The van der Waals surface area contributed by atoms with E-state index in [0.29, 0.717) is 0 Å². The molecule has 2 aliphatic heterocycles. The molecular formula is C27H46N2. The normalized spacial score (nSPS) is 20.0. The fraction of sp³-hybridized carbons (Fsp3) is 0.778. The van der Waals surface area contributed by atoms with E-state index in [1.54, 1.807) is 0 Å². The number of nitrogens with zero attached hydrogens (tertiary/aromatic N) is 2.